The number of rotatable bonds is 5. The molecule has 10 nitrogen and oxygen atoms in total. The van der Waals surface area contributed by atoms with Crippen LogP contribution < -0.4 is 10.6 Å². The average molecular weight is 494 g/mol. The molecule has 2 aromatic heterocycles. The maximum absolute atomic E-state index is 14.9. The Morgan fingerprint density at radius 2 is 1.97 bits per heavy atom. The molecule has 0 aliphatic carbocycles. The van der Waals surface area contributed by atoms with Gasteiger partial charge in [-0.2, -0.15) is 4.31 Å². The maximum atomic E-state index is 14.9. The van der Waals surface area contributed by atoms with E-state index in [2.05, 4.69) is 25.6 Å². The van der Waals surface area contributed by atoms with Crippen LogP contribution in [0.15, 0.2) is 18.3 Å². The summed E-state index contributed by atoms with van der Waals surface area (Å²) in [6, 6.07) is 2.50. The normalized spacial score (nSPS) is 22.1. The van der Waals surface area contributed by atoms with Gasteiger partial charge in [-0.05, 0) is 25.5 Å². The number of halogens is 2. The quantitative estimate of drug-likeness (QED) is 0.481. The van der Waals surface area contributed by atoms with Gasteiger partial charge in [0, 0.05) is 31.7 Å². The maximum Gasteiger partial charge on any atom is 0.223 e. The van der Waals surface area contributed by atoms with E-state index in [1.54, 1.807) is 6.07 Å². The fourth-order valence-electron chi connectivity index (χ4n) is 4.50. The van der Waals surface area contributed by atoms with Gasteiger partial charge in [-0.15, -0.1) is 0 Å². The summed E-state index contributed by atoms with van der Waals surface area (Å²) in [6.45, 7) is 3.46. The average Bonchev–Trinajstić information content (AvgIpc) is 3.05. The van der Waals surface area contributed by atoms with Crippen LogP contribution in [-0.4, -0.2) is 81.9 Å². The summed E-state index contributed by atoms with van der Waals surface area (Å²) in [6.07, 6.45) is 1.40. The van der Waals surface area contributed by atoms with Crippen molar-refractivity contribution >= 4 is 27.0 Å². The SMILES string of the molecule is Cc1nc2c(F)cc(-c3nc(NC4CCN(S(C)(=O)=O)C[C@H]4O)ncc3F)cc2n1C1CNC1. The summed E-state index contributed by atoms with van der Waals surface area (Å²) >= 11 is 0. The second-order valence-corrected chi connectivity index (χ2v) is 10.8. The number of piperidine rings is 1. The van der Waals surface area contributed by atoms with Gasteiger partial charge < -0.3 is 20.3 Å². The predicted octanol–water partition coefficient (Wildman–Crippen LogP) is 1.03. The number of aryl methyl sites for hydroxylation is 1. The summed E-state index contributed by atoms with van der Waals surface area (Å²) in [5.41, 5.74) is 0.948. The first-order valence-corrected chi connectivity index (χ1v) is 12.8. The Hall–Kier alpha value is -2.74. The highest BCUT2D eigenvalue weighted by Crippen LogP contribution is 2.31. The fourth-order valence-corrected chi connectivity index (χ4v) is 5.36. The Morgan fingerprint density at radius 3 is 2.62 bits per heavy atom. The molecule has 4 heterocycles. The van der Waals surface area contributed by atoms with Crippen LogP contribution in [0.4, 0.5) is 14.7 Å². The van der Waals surface area contributed by atoms with E-state index in [0.717, 1.165) is 25.5 Å². The van der Waals surface area contributed by atoms with Crippen molar-refractivity contribution in [3.05, 3.63) is 35.8 Å². The molecule has 3 aromatic rings. The lowest BCUT2D eigenvalue weighted by molar-refractivity contribution is 0.0950. The molecule has 2 aliphatic heterocycles. The van der Waals surface area contributed by atoms with Crippen molar-refractivity contribution in [2.24, 2.45) is 0 Å². The van der Waals surface area contributed by atoms with Crippen molar-refractivity contribution in [3.8, 4) is 11.3 Å². The van der Waals surface area contributed by atoms with Gasteiger partial charge in [-0.3, -0.25) is 0 Å². The van der Waals surface area contributed by atoms with Gasteiger partial charge in [0.05, 0.1) is 36.2 Å². The second-order valence-electron chi connectivity index (χ2n) is 8.78. The molecule has 2 fully saturated rings. The molecule has 0 spiro atoms. The number of nitrogens with one attached hydrogen (secondary N) is 2. The zero-order valence-corrected chi connectivity index (χ0v) is 19.5. The van der Waals surface area contributed by atoms with E-state index in [1.807, 2.05) is 11.5 Å². The number of hydrogen-bond donors (Lipinski definition) is 3. The molecule has 2 atom stereocenters. The molecule has 0 radical (unpaired) electrons. The molecule has 3 N–H and O–H groups in total. The van der Waals surface area contributed by atoms with Crippen LogP contribution in [0.3, 0.4) is 0 Å². The number of fused-ring (bicyclic) bond motifs is 1. The molecular weight excluding hydrogens is 468 g/mol. The van der Waals surface area contributed by atoms with E-state index in [0.29, 0.717) is 17.8 Å². The first-order chi connectivity index (χ1) is 16.1. The largest absolute Gasteiger partial charge is 0.390 e. The zero-order valence-electron chi connectivity index (χ0n) is 18.7. The number of aromatic nitrogens is 4. The Kier molecular flexibility index (Phi) is 5.74. The van der Waals surface area contributed by atoms with Gasteiger partial charge in [-0.25, -0.2) is 32.2 Å². The highest BCUT2D eigenvalue weighted by Gasteiger charge is 2.32. The van der Waals surface area contributed by atoms with Crippen molar-refractivity contribution in [1.82, 2.24) is 29.1 Å². The van der Waals surface area contributed by atoms with Crippen LogP contribution in [0.1, 0.15) is 18.3 Å². The van der Waals surface area contributed by atoms with Crippen molar-refractivity contribution < 1.29 is 22.3 Å². The monoisotopic (exact) mass is 493 g/mol. The van der Waals surface area contributed by atoms with Crippen molar-refractivity contribution in [2.45, 2.75) is 31.5 Å². The minimum atomic E-state index is -3.41. The molecule has 0 saturated carbocycles. The van der Waals surface area contributed by atoms with Gasteiger partial charge in [-0.1, -0.05) is 0 Å². The number of anilines is 1. The number of imidazole rings is 1. The number of aliphatic hydroxyl groups excluding tert-OH is 1. The molecule has 2 saturated heterocycles. The predicted molar refractivity (Wildman–Crippen MR) is 122 cm³/mol. The molecule has 1 unspecified atom stereocenters. The second kappa shape index (κ2) is 8.48. The van der Waals surface area contributed by atoms with Gasteiger partial charge in [0.2, 0.25) is 16.0 Å². The van der Waals surface area contributed by atoms with Gasteiger partial charge >= 0.3 is 0 Å². The van der Waals surface area contributed by atoms with E-state index in [1.165, 1.54) is 10.4 Å². The van der Waals surface area contributed by atoms with E-state index < -0.39 is 33.8 Å². The third-order valence-corrected chi connectivity index (χ3v) is 7.67. The molecule has 5 rings (SSSR count). The van der Waals surface area contributed by atoms with Crippen molar-refractivity contribution in [1.29, 1.82) is 0 Å². The number of benzene rings is 1. The molecule has 0 amide bonds. The summed E-state index contributed by atoms with van der Waals surface area (Å²) in [7, 11) is -3.41. The highest BCUT2D eigenvalue weighted by molar-refractivity contribution is 7.88. The van der Waals surface area contributed by atoms with Crippen LogP contribution in [-0.2, 0) is 10.0 Å². The summed E-state index contributed by atoms with van der Waals surface area (Å²) < 4.78 is 56.3. The zero-order chi connectivity index (χ0) is 24.2. The van der Waals surface area contributed by atoms with Crippen LogP contribution in [0, 0.1) is 18.6 Å². The van der Waals surface area contributed by atoms with E-state index >= 15 is 0 Å². The summed E-state index contributed by atoms with van der Waals surface area (Å²) in [5, 5.41) is 16.6. The van der Waals surface area contributed by atoms with E-state index in [-0.39, 0.29) is 41.9 Å². The van der Waals surface area contributed by atoms with Crippen LogP contribution >= 0.6 is 0 Å². The fraction of sp³-hybridized carbons (Fsp3) is 0.476. The Balaban J connectivity index is 1.45. The number of nitrogens with zero attached hydrogens (tertiary/aromatic N) is 5. The van der Waals surface area contributed by atoms with Crippen molar-refractivity contribution in [3.63, 3.8) is 0 Å². The Labute approximate surface area is 195 Å². The Bertz CT molecular complexity index is 1360. The van der Waals surface area contributed by atoms with Gasteiger partial charge in [0.15, 0.2) is 11.6 Å². The molecule has 182 valence electrons. The Morgan fingerprint density at radius 1 is 1.21 bits per heavy atom. The van der Waals surface area contributed by atoms with Gasteiger partial charge in [0.25, 0.3) is 0 Å². The highest BCUT2D eigenvalue weighted by atomic mass is 32.2. The van der Waals surface area contributed by atoms with Crippen LogP contribution in [0.2, 0.25) is 0 Å². The third-order valence-electron chi connectivity index (χ3n) is 6.40. The first-order valence-electron chi connectivity index (χ1n) is 10.9. The topological polar surface area (TPSA) is 125 Å². The van der Waals surface area contributed by atoms with E-state index in [4.69, 9.17) is 0 Å². The molecule has 1 aromatic carbocycles. The van der Waals surface area contributed by atoms with Crippen molar-refractivity contribution in [2.75, 3.05) is 37.8 Å². The molecular formula is C21H25F2N7O3S. The van der Waals surface area contributed by atoms with Gasteiger partial charge in [0.1, 0.15) is 17.0 Å². The van der Waals surface area contributed by atoms with Crippen LogP contribution in [0.5, 0.6) is 0 Å². The lowest BCUT2D eigenvalue weighted by atomic mass is 10.0. The number of β-amino-alcohol motifs (C(OH)–C–C–N with tert-alkyl or cyclic N) is 1. The molecule has 34 heavy (non-hydrogen) atoms. The number of hydrogen-bond acceptors (Lipinski definition) is 8. The third kappa shape index (κ3) is 4.13. The van der Waals surface area contributed by atoms with E-state index in [9.17, 15) is 22.3 Å². The minimum Gasteiger partial charge on any atom is -0.390 e. The smallest absolute Gasteiger partial charge is 0.223 e. The standard InChI is InChI=1S/C21H25F2N7O3S/c1-11-26-20-14(22)5-12(6-17(20)30(11)13-7-24-8-13)19-15(23)9-25-21(28-19)27-16-3-4-29(10-18(16)31)34(2,32)33/h5-6,9,13,16,18,24,31H,3-4,7-8,10H2,1-2H3,(H,25,27,28)/t16?,18-/m1/s1. The molecule has 13 heteroatoms. The summed E-state index contributed by atoms with van der Waals surface area (Å²) in [4.78, 5) is 12.6. The number of aliphatic hydroxyl groups is 1. The number of sulfonamides is 1. The lowest BCUT2D eigenvalue weighted by Crippen LogP contribution is -2.51. The molecule has 2 aliphatic rings. The minimum absolute atomic E-state index is 0.0571. The lowest BCUT2D eigenvalue weighted by Gasteiger charge is -2.34. The van der Waals surface area contributed by atoms with Crippen LogP contribution in [0.25, 0.3) is 22.3 Å². The first kappa shape index (κ1) is 23.0. The summed E-state index contributed by atoms with van der Waals surface area (Å²) in [5.74, 6) is -0.554. The molecule has 0 bridgehead atoms.